The van der Waals surface area contributed by atoms with Gasteiger partial charge in [-0.2, -0.15) is 0 Å². The van der Waals surface area contributed by atoms with Crippen LogP contribution in [0.3, 0.4) is 0 Å². The number of carbonyl (C=O) groups is 1. The molecule has 1 aromatic heterocycles. The van der Waals surface area contributed by atoms with Gasteiger partial charge >= 0.3 is 0 Å². The van der Waals surface area contributed by atoms with Gasteiger partial charge < -0.3 is 9.47 Å². The second-order valence-corrected chi connectivity index (χ2v) is 7.25. The van der Waals surface area contributed by atoms with Crippen molar-refractivity contribution in [2.75, 3.05) is 13.1 Å². The third kappa shape index (κ3) is 3.57. The van der Waals surface area contributed by atoms with Crippen LogP contribution in [-0.2, 0) is 11.3 Å². The highest BCUT2D eigenvalue weighted by atomic mass is 32.2. The molecule has 112 valence electrons. The number of piperidine rings is 1. The Kier molecular flexibility index (Phi) is 5.13. The lowest BCUT2D eigenvalue weighted by Crippen LogP contribution is -2.45. The van der Waals surface area contributed by atoms with E-state index in [4.69, 9.17) is 0 Å². The molecule has 0 aromatic carbocycles. The summed E-state index contributed by atoms with van der Waals surface area (Å²) in [6.45, 7) is 11.2. The van der Waals surface area contributed by atoms with Crippen molar-refractivity contribution in [3.8, 4) is 0 Å². The molecular weight excluding hydrogens is 270 g/mol. The highest BCUT2D eigenvalue weighted by Gasteiger charge is 2.29. The van der Waals surface area contributed by atoms with Gasteiger partial charge in [0.1, 0.15) is 0 Å². The summed E-state index contributed by atoms with van der Waals surface area (Å²) in [4.78, 5) is 19.0. The number of rotatable bonds is 4. The summed E-state index contributed by atoms with van der Waals surface area (Å²) in [5.74, 6) is 1.47. The molecule has 1 aliphatic rings. The average molecular weight is 295 g/mol. The van der Waals surface area contributed by atoms with Crippen molar-refractivity contribution < 1.29 is 4.79 Å². The van der Waals surface area contributed by atoms with Crippen molar-refractivity contribution in [1.29, 1.82) is 0 Å². The molecule has 0 N–H and O–H groups in total. The van der Waals surface area contributed by atoms with Crippen molar-refractivity contribution >= 4 is 17.7 Å². The Balaban J connectivity index is 1.98. The van der Waals surface area contributed by atoms with Crippen molar-refractivity contribution in [3.05, 3.63) is 12.4 Å². The molecule has 1 aliphatic heterocycles. The standard InChI is InChI=1S/C15H25N3OS/c1-5-17-7-6-16-15(17)20-13(4)14(19)18-9-11(2)8-12(3)10-18/h6-7,11-13H,5,8-10H2,1-4H3. The number of thioether (sulfide) groups is 1. The largest absolute Gasteiger partial charge is 0.341 e. The van der Waals surface area contributed by atoms with Crippen LogP contribution in [0.25, 0.3) is 0 Å². The van der Waals surface area contributed by atoms with Gasteiger partial charge in [-0.25, -0.2) is 4.98 Å². The summed E-state index contributed by atoms with van der Waals surface area (Å²) >= 11 is 1.57. The SMILES string of the molecule is CCn1ccnc1SC(C)C(=O)N1CC(C)CC(C)C1. The summed E-state index contributed by atoms with van der Waals surface area (Å²) in [7, 11) is 0. The van der Waals surface area contributed by atoms with Gasteiger partial charge in [-0.3, -0.25) is 4.79 Å². The molecule has 0 radical (unpaired) electrons. The number of carbonyl (C=O) groups excluding carboxylic acids is 1. The lowest BCUT2D eigenvalue weighted by atomic mass is 9.92. The molecule has 2 heterocycles. The molecule has 0 spiro atoms. The van der Waals surface area contributed by atoms with Crippen LogP contribution in [0.15, 0.2) is 17.6 Å². The highest BCUT2D eigenvalue weighted by Crippen LogP contribution is 2.26. The first-order chi connectivity index (χ1) is 9.51. The summed E-state index contributed by atoms with van der Waals surface area (Å²) in [5.41, 5.74) is 0. The summed E-state index contributed by atoms with van der Waals surface area (Å²) in [5, 5.41) is 0.867. The maximum atomic E-state index is 12.6. The van der Waals surface area contributed by atoms with Crippen LogP contribution in [-0.4, -0.2) is 38.7 Å². The van der Waals surface area contributed by atoms with E-state index in [1.807, 2.05) is 18.0 Å². The molecule has 1 saturated heterocycles. The molecule has 4 nitrogen and oxygen atoms in total. The lowest BCUT2D eigenvalue weighted by molar-refractivity contribution is -0.132. The number of likely N-dealkylation sites (tertiary alicyclic amines) is 1. The minimum absolute atomic E-state index is 0.0693. The second-order valence-electron chi connectivity index (χ2n) is 5.95. The van der Waals surface area contributed by atoms with E-state index in [1.54, 1.807) is 18.0 Å². The van der Waals surface area contributed by atoms with Crippen LogP contribution < -0.4 is 0 Å². The fourth-order valence-electron chi connectivity index (χ4n) is 2.96. The summed E-state index contributed by atoms with van der Waals surface area (Å²) < 4.78 is 2.08. The van der Waals surface area contributed by atoms with Gasteiger partial charge in [-0.1, -0.05) is 25.6 Å². The molecule has 0 aliphatic carbocycles. The van der Waals surface area contributed by atoms with E-state index in [9.17, 15) is 4.79 Å². The minimum Gasteiger partial charge on any atom is -0.341 e. The fourth-order valence-corrected chi connectivity index (χ4v) is 3.98. The van der Waals surface area contributed by atoms with Crippen molar-refractivity contribution in [3.63, 3.8) is 0 Å². The lowest BCUT2D eigenvalue weighted by Gasteiger charge is -2.36. The molecule has 2 rings (SSSR count). The van der Waals surface area contributed by atoms with Gasteiger partial charge in [0, 0.05) is 32.0 Å². The Morgan fingerprint density at radius 3 is 2.70 bits per heavy atom. The number of aromatic nitrogens is 2. The monoisotopic (exact) mass is 295 g/mol. The molecule has 0 saturated carbocycles. The maximum absolute atomic E-state index is 12.6. The predicted octanol–water partition coefficient (Wildman–Crippen LogP) is 2.89. The summed E-state index contributed by atoms with van der Waals surface area (Å²) in [6.07, 6.45) is 4.99. The molecule has 1 fully saturated rings. The maximum Gasteiger partial charge on any atom is 0.235 e. The van der Waals surface area contributed by atoms with E-state index in [0.717, 1.165) is 24.8 Å². The van der Waals surface area contributed by atoms with Crippen LogP contribution in [0.4, 0.5) is 0 Å². The van der Waals surface area contributed by atoms with E-state index in [1.165, 1.54) is 6.42 Å². The average Bonchev–Trinajstić information content (AvgIpc) is 2.83. The van der Waals surface area contributed by atoms with E-state index in [-0.39, 0.29) is 11.2 Å². The fraction of sp³-hybridized carbons (Fsp3) is 0.733. The highest BCUT2D eigenvalue weighted by molar-refractivity contribution is 8.00. The number of imidazole rings is 1. The van der Waals surface area contributed by atoms with Gasteiger partial charge in [0.15, 0.2) is 5.16 Å². The number of aryl methyl sites for hydroxylation is 1. The van der Waals surface area contributed by atoms with E-state index < -0.39 is 0 Å². The Hall–Kier alpha value is -0.970. The zero-order valence-electron chi connectivity index (χ0n) is 12.9. The zero-order chi connectivity index (χ0) is 14.7. The molecule has 3 atom stereocenters. The molecule has 1 aromatic rings. The van der Waals surface area contributed by atoms with Gasteiger partial charge in [0.25, 0.3) is 0 Å². The Morgan fingerprint density at radius 2 is 2.10 bits per heavy atom. The second kappa shape index (κ2) is 6.66. The van der Waals surface area contributed by atoms with Crippen molar-refractivity contribution in [2.24, 2.45) is 11.8 Å². The first-order valence-electron chi connectivity index (χ1n) is 7.47. The summed E-state index contributed by atoms with van der Waals surface area (Å²) in [6, 6.07) is 0. The van der Waals surface area contributed by atoms with Crippen LogP contribution >= 0.6 is 11.8 Å². The molecule has 3 unspecified atom stereocenters. The van der Waals surface area contributed by atoms with Crippen LogP contribution in [0, 0.1) is 11.8 Å². The number of hydrogen-bond donors (Lipinski definition) is 0. The third-order valence-corrected chi connectivity index (χ3v) is 4.93. The van der Waals surface area contributed by atoms with Gasteiger partial charge in [0.05, 0.1) is 5.25 Å². The van der Waals surface area contributed by atoms with Gasteiger partial charge in [-0.05, 0) is 32.1 Å². The molecule has 1 amide bonds. The first-order valence-corrected chi connectivity index (χ1v) is 8.35. The number of amides is 1. The molecular formula is C15H25N3OS. The van der Waals surface area contributed by atoms with Crippen LogP contribution in [0.5, 0.6) is 0 Å². The Labute approximate surface area is 125 Å². The number of hydrogen-bond acceptors (Lipinski definition) is 3. The smallest absolute Gasteiger partial charge is 0.235 e. The number of nitrogens with zero attached hydrogens (tertiary/aromatic N) is 3. The van der Waals surface area contributed by atoms with Gasteiger partial charge in [0.2, 0.25) is 5.91 Å². The van der Waals surface area contributed by atoms with E-state index >= 15 is 0 Å². The first kappa shape index (κ1) is 15.4. The zero-order valence-corrected chi connectivity index (χ0v) is 13.7. The van der Waals surface area contributed by atoms with Crippen LogP contribution in [0.2, 0.25) is 0 Å². The third-order valence-electron chi connectivity index (χ3n) is 3.83. The van der Waals surface area contributed by atoms with Gasteiger partial charge in [-0.15, -0.1) is 0 Å². The molecule has 20 heavy (non-hydrogen) atoms. The van der Waals surface area contributed by atoms with Crippen molar-refractivity contribution in [2.45, 2.75) is 51.1 Å². The molecule has 5 heteroatoms. The minimum atomic E-state index is -0.0693. The van der Waals surface area contributed by atoms with E-state index in [0.29, 0.717) is 11.8 Å². The molecule has 0 bridgehead atoms. The predicted molar refractivity (Wildman–Crippen MR) is 82.7 cm³/mol. The van der Waals surface area contributed by atoms with Crippen molar-refractivity contribution in [1.82, 2.24) is 14.5 Å². The van der Waals surface area contributed by atoms with Crippen LogP contribution in [0.1, 0.15) is 34.1 Å². The van der Waals surface area contributed by atoms with E-state index in [2.05, 4.69) is 30.3 Å². The Morgan fingerprint density at radius 1 is 1.45 bits per heavy atom. The quantitative estimate of drug-likeness (QED) is 0.802. The normalized spacial score (nSPS) is 24.7. The Bertz CT molecular complexity index is 450. The topological polar surface area (TPSA) is 38.1 Å².